The maximum absolute atomic E-state index is 11.8. The second-order valence-corrected chi connectivity index (χ2v) is 6.78. The quantitative estimate of drug-likeness (QED) is 0.296. The summed E-state index contributed by atoms with van der Waals surface area (Å²) >= 11 is 3.44. The van der Waals surface area contributed by atoms with E-state index in [4.69, 9.17) is 13.9 Å². The number of nitrogens with zero attached hydrogens (tertiary/aromatic N) is 2. The molecule has 2 aromatic carbocycles. The number of nitro groups is 1. The van der Waals surface area contributed by atoms with E-state index >= 15 is 0 Å². The normalized spacial score (nSPS) is 10.7. The number of carbonyl (C=O) groups excluding carboxylic acids is 1. The standard InChI is InChI=1S/C20H16BrN3O6/c1-28-18-10-14(11-22-23-20(25)17-3-2-8-29-17)9-16(21)19(18)30-12-13-4-6-15(7-5-13)24(26)27/h2-11H,12H2,1H3,(H,23,25)/b22-11-. The van der Waals surface area contributed by atoms with E-state index in [1.54, 1.807) is 30.3 Å². The first-order valence-electron chi connectivity index (χ1n) is 8.58. The van der Waals surface area contributed by atoms with E-state index in [9.17, 15) is 14.9 Å². The number of non-ortho nitro benzene ring substituents is 1. The molecular formula is C20H16BrN3O6. The summed E-state index contributed by atoms with van der Waals surface area (Å²) in [5.41, 5.74) is 3.80. The Hall–Kier alpha value is -3.66. The van der Waals surface area contributed by atoms with Gasteiger partial charge >= 0.3 is 5.91 Å². The number of methoxy groups -OCH3 is 1. The fourth-order valence-corrected chi connectivity index (χ4v) is 3.03. The van der Waals surface area contributed by atoms with Gasteiger partial charge in [0.05, 0.1) is 29.0 Å². The molecule has 154 valence electrons. The van der Waals surface area contributed by atoms with E-state index in [1.807, 2.05) is 0 Å². The van der Waals surface area contributed by atoms with E-state index in [0.717, 1.165) is 5.56 Å². The van der Waals surface area contributed by atoms with Crippen molar-refractivity contribution in [1.82, 2.24) is 5.43 Å². The summed E-state index contributed by atoms with van der Waals surface area (Å²) < 4.78 is 16.8. The summed E-state index contributed by atoms with van der Waals surface area (Å²) in [6.07, 6.45) is 2.85. The van der Waals surface area contributed by atoms with Crippen molar-refractivity contribution in [3.63, 3.8) is 0 Å². The van der Waals surface area contributed by atoms with Crippen molar-refractivity contribution in [1.29, 1.82) is 0 Å². The molecule has 0 aliphatic heterocycles. The predicted octanol–water partition coefficient (Wildman–Crippen LogP) is 4.30. The van der Waals surface area contributed by atoms with Crippen molar-refractivity contribution < 1.29 is 23.6 Å². The second kappa shape index (κ2) is 9.70. The van der Waals surface area contributed by atoms with Crippen molar-refractivity contribution in [3.05, 3.63) is 86.3 Å². The number of nitro benzene ring substituents is 1. The first-order valence-corrected chi connectivity index (χ1v) is 9.38. The molecule has 0 bridgehead atoms. The topological polar surface area (TPSA) is 116 Å². The summed E-state index contributed by atoms with van der Waals surface area (Å²) in [6.45, 7) is 0.194. The molecule has 0 aliphatic carbocycles. The highest BCUT2D eigenvalue weighted by molar-refractivity contribution is 9.10. The molecule has 0 aliphatic rings. The number of hydrazone groups is 1. The van der Waals surface area contributed by atoms with Gasteiger partial charge in [-0.2, -0.15) is 5.10 Å². The number of carbonyl (C=O) groups is 1. The average Bonchev–Trinajstić information content (AvgIpc) is 3.28. The van der Waals surface area contributed by atoms with E-state index in [0.29, 0.717) is 21.5 Å². The third kappa shape index (κ3) is 5.23. The summed E-state index contributed by atoms with van der Waals surface area (Å²) in [5.74, 6) is 0.601. The molecule has 3 rings (SSSR count). The van der Waals surface area contributed by atoms with Gasteiger partial charge in [-0.25, -0.2) is 5.43 Å². The summed E-state index contributed by atoms with van der Waals surface area (Å²) in [5, 5.41) is 14.6. The van der Waals surface area contributed by atoms with E-state index in [1.165, 1.54) is 37.8 Å². The first kappa shape index (κ1) is 21.1. The number of halogens is 1. The highest BCUT2D eigenvalue weighted by Crippen LogP contribution is 2.37. The highest BCUT2D eigenvalue weighted by Gasteiger charge is 2.13. The van der Waals surface area contributed by atoms with Crippen molar-refractivity contribution in [3.8, 4) is 11.5 Å². The van der Waals surface area contributed by atoms with Gasteiger partial charge in [-0.05, 0) is 63.5 Å². The Morgan fingerprint density at radius 2 is 2.07 bits per heavy atom. The van der Waals surface area contributed by atoms with Crippen LogP contribution in [0.2, 0.25) is 0 Å². The first-order chi connectivity index (χ1) is 14.5. The minimum absolute atomic E-state index is 0.0142. The van der Waals surface area contributed by atoms with E-state index in [2.05, 4.69) is 26.5 Å². The van der Waals surface area contributed by atoms with Crippen LogP contribution < -0.4 is 14.9 Å². The van der Waals surface area contributed by atoms with E-state index in [-0.39, 0.29) is 18.1 Å². The molecule has 0 unspecified atom stereocenters. The van der Waals surface area contributed by atoms with Crippen LogP contribution in [0.1, 0.15) is 21.7 Å². The largest absolute Gasteiger partial charge is 0.493 e. The lowest BCUT2D eigenvalue weighted by Crippen LogP contribution is -2.16. The molecule has 1 aromatic heterocycles. The number of amides is 1. The molecule has 1 heterocycles. The molecule has 3 aromatic rings. The van der Waals surface area contributed by atoms with Crippen molar-refractivity contribution in [2.45, 2.75) is 6.61 Å². The number of hydrogen-bond donors (Lipinski definition) is 1. The highest BCUT2D eigenvalue weighted by atomic mass is 79.9. The van der Waals surface area contributed by atoms with Gasteiger partial charge in [0, 0.05) is 12.1 Å². The molecule has 0 atom stereocenters. The zero-order chi connectivity index (χ0) is 21.5. The Morgan fingerprint density at radius 1 is 1.30 bits per heavy atom. The van der Waals surface area contributed by atoms with Crippen LogP contribution in [0.25, 0.3) is 0 Å². The number of rotatable bonds is 8. The lowest BCUT2D eigenvalue weighted by atomic mass is 10.2. The number of hydrogen-bond acceptors (Lipinski definition) is 7. The maximum atomic E-state index is 11.8. The Balaban J connectivity index is 1.68. The van der Waals surface area contributed by atoms with Crippen LogP contribution in [0.4, 0.5) is 5.69 Å². The molecule has 9 nitrogen and oxygen atoms in total. The van der Waals surface area contributed by atoms with Gasteiger partial charge in [0.2, 0.25) is 0 Å². The number of furan rings is 1. The van der Waals surface area contributed by atoms with Gasteiger partial charge in [0.25, 0.3) is 5.69 Å². The van der Waals surface area contributed by atoms with Crippen molar-refractivity contribution >= 4 is 33.7 Å². The van der Waals surface area contributed by atoms with Crippen LogP contribution in [0.5, 0.6) is 11.5 Å². The fraction of sp³-hybridized carbons (Fsp3) is 0.100. The number of ether oxygens (including phenoxy) is 2. The third-order valence-electron chi connectivity index (χ3n) is 3.91. The molecule has 10 heteroatoms. The Labute approximate surface area is 179 Å². The van der Waals surface area contributed by atoms with Crippen LogP contribution in [0.3, 0.4) is 0 Å². The average molecular weight is 474 g/mol. The number of benzene rings is 2. The van der Waals surface area contributed by atoms with Gasteiger partial charge in [0.1, 0.15) is 6.61 Å². The zero-order valence-electron chi connectivity index (χ0n) is 15.7. The van der Waals surface area contributed by atoms with Crippen LogP contribution in [-0.2, 0) is 6.61 Å². The summed E-state index contributed by atoms with van der Waals surface area (Å²) in [7, 11) is 1.50. The van der Waals surface area contributed by atoms with Gasteiger partial charge < -0.3 is 13.9 Å². The van der Waals surface area contributed by atoms with Gasteiger partial charge in [-0.1, -0.05) is 0 Å². The molecule has 0 fully saturated rings. The lowest BCUT2D eigenvalue weighted by Gasteiger charge is -2.13. The maximum Gasteiger partial charge on any atom is 0.307 e. The zero-order valence-corrected chi connectivity index (χ0v) is 17.3. The minimum Gasteiger partial charge on any atom is -0.493 e. The molecule has 30 heavy (non-hydrogen) atoms. The second-order valence-electron chi connectivity index (χ2n) is 5.92. The van der Waals surface area contributed by atoms with Crippen molar-refractivity contribution in [2.24, 2.45) is 5.10 Å². The smallest absolute Gasteiger partial charge is 0.307 e. The molecule has 0 saturated carbocycles. The minimum atomic E-state index is -0.467. The lowest BCUT2D eigenvalue weighted by molar-refractivity contribution is -0.384. The molecule has 0 spiro atoms. The predicted molar refractivity (Wildman–Crippen MR) is 112 cm³/mol. The van der Waals surface area contributed by atoms with Gasteiger partial charge in [0.15, 0.2) is 17.3 Å². The van der Waals surface area contributed by atoms with Crippen LogP contribution in [0.15, 0.2) is 68.8 Å². The molecular weight excluding hydrogens is 458 g/mol. The fourth-order valence-electron chi connectivity index (χ4n) is 2.45. The van der Waals surface area contributed by atoms with Crippen LogP contribution >= 0.6 is 15.9 Å². The van der Waals surface area contributed by atoms with Crippen molar-refractivity contribution in [2.75, 3.05) is 7.11 Å². The molecule has 0 radical (unpaired) electrons. The Kier molecular flexibility index (Phi) is 6.81. The number of nitrogens with one attached hydrogen (secondary N) is 1. The third-order valence-corrected chi connectivity index (χ3v) is 4.50. The Bertz CT molecular complexity index is 1060. The van der Waals surface area contributed by atoms with Crippen LogP contribution in [0, 0.1) is 10.1 Å². The molecule has 1 amide bonds. The van der Waals surface area contributed by atoms with Gasteiger partial charge in [-0.3, -0.25) is 14.9 Å². The summed E-state index contributed by atoms with van der Waals surface area (Å²) in [4.78, 5) is 22.1. The molecule has 1 N–H and O–H groups in total. The van der Waals surface area contributed by atoms with Crippen LogP contribution in [-0.4, -0.2) is 24.2 Å². The monoisotopic (exact) mass is 473 g/mol. The van der Waals surface area contributed by atoms with E-state index < -0.39 is 10.8 Å². The summed E-state index contributed by atoms with van der Waals surface area (Å²) in [6, 6.07) is 12.7. The molecule has 0 saturated heterocycles. The Morgan fingerprint density at radius 3 is 2.70 bits per heavy atom. The van der Waals surface area contributed by atoms with Gasteiger partial charge in [-0.15, -0.1) is 0 Å². The SMILES string of the molecule is COc1cc(/C=N\NC(=O)c2ccco2)cc(Br)c1OCc1ccc([N+](=O)[O-])cc1.